The molecule has 0 aliphatic heterocycles. The molecule has 0 aliphatic rings. The van der Waals surface area contributed by atoms with Crippen molar-refractivity contribution in [3.05, 3.63) is 132 Å². The van der Waals surface area contributed by atoms with Crippen LogP contribution < -0.4 is 0 Å². The van der Waals surface area contributed by atoms with Crippen molar-refractivity contribution in [3.63, 3.8) is 0 Å². The first-order valence-corrected chi connectivity index (χ1v) is 12.3. The third kappa shape index (κ3) is 7.14. The Balaban J connectivity index is 1.61. The summed E-state index contributed by atoms with van der Waals surface area (Å²) in [5, 5.41) is 9.70. The maximum atomic E-state index is 11.8. The van der Waals surface area contributed by atoms with Gasteiger partial charge in [0.15, 0.2) is 0 Å². The first-order valence-electron chi connectivity index (χ1n) is 12.3. The molecule has 2 atom stereocenters. The lowest BCUT2D eigenvalue weighted by atomic mass is 9.93. The molecule has 4 aromatic rings. The maximum Gasteiger partial charge on any atom is 0.306 e. The van der Waals surface area contributed by atoms with Gasteiger partial charge < -0.3 is 5.11 Å². The smallest absolute Gasteiger partial charge is 0.306 e. The summed E-state index contributed by atoms with van der Waals surface area (Å²) in [6.07, 6.45) is 1.39. The third-order valence-electron chi connectivity index (χ3n) is 6.55. The zero-order valence-corrected chi connectivity index (χ0v) is 20.3. The maximum absolute atomic E-state index is 11.8. The lowest BCUT2D eigenvalue weighted by molar-refractivity contribution is -0.141. The van der Waals surface area contributed by atoms with Crippen LogP contribution in [0.15, 0.2) is 115 Å². The summed E-state index contributed by atoms with van der Waals surface area (Å²) in [4.78, 5) is 14.2. The van der Waals surface area contributed by atoms with Crippen LogP contribution in [0.1, 0.15) is 30.0 Å². The van der Waals surface area contributed by atoms with Crippen molar-refractivity contribution < 1.29 is 9.90 Å². The summed E-state index contributed by atoms with van der Waals surface area (Å²) < 4.78 is 0. The van der Waals surface area contributed by atoms with Crippen molar-refractivity contribution in [2.24, 2.45) is 5.92 Å². The van der Waals surface area contributed by atoms with Crippen LogP contribution in [-0.4, -0.2) is 22.0 Å². The summed E-state index contributed by atoms with van der Waals surface area (Å²) in [6.45, 7) is 3.36. The molecule has 4 aromatic carbocycles. The van der Waals surface area contributed by atoms with Gasteiger partial charge in [0, 0.05) is 19.1 Å². The van der Waals surface area contributed by atoms with Gasteiger partial charge in [0.2, 0.25) is 0 Å². The fourth-order valence-corrected chi connectivity index (χ4v) is 4.56. The molecule has 0 unspecified atom stereocenters. The molecule has 0 saturated heterocycles. The van der Waals surface area contributed by atoms with Crippen LogP contribution in [-0.2, 0) is 24.3 Å². The Hall–Kier alpha value is -3.69. The van der Waals surface area contributed by atoms with Crippen molar-refractivity contribution in [2.45, 2.75) is 38.9 Å². The summed E-state index contributed by atoms with van der Waals surface area (Å²) in [7, 11) is 0. The van der Waals surface area contributed by atoms with Crippen LogP contribution in [0.3, 0.4) is 0 Å². The molecule has 0 radical (unpaired) electrons. The number of carboxylic acid groups (broad SMARTS) is 1. The fourth-order valence-electron chi connectivity index (χ4n) is 4.56. The lowest BCUT2D eigenvalue weighted by Crippen LogP contribution is -2.38. The van der Waals surface area contributed by atoms with Gasteiger partial charge in [-0.05, 0) is 40.7 Å². The summed E-state index contributed by atoms with van der Waals surface area (Å²) in [5.74, 6) is -1.16. The molecular formula is C32H33NO2. The van der Waals surface area contributed by atoms with Crippen molar-refractivity contribution in [2.75, 3.05) is 0 Å². The Bertz CT molecular complexity index is 1130. The SMILES string of the molecule is C[C@H](C[C@@H](Cc1ccc(-c2ccccc2)cc1)N(Cc1ccccc1)Cc1ccccc1)C(=O)O. The van der Waals surface area contributed by atoms with Gasteiger partial charge in [0.05, 0.1) is 5.92 Å². The van der Waals surface area contributed by atoms with Crippen molar-refractivity contribution in [3.8, 4) is 11.1 Å². The molecule has 0 aromatic heterocycles. The number of hydrogen-bond donors (Lipinski definition) is 1. The third-order valence-corrected chi connectivity index (χ3v) is 6.55. The number of hydrogen-bond acceptors (Lipinski definition) is 2. The van der Waals surface area contributed by atoms with Gasteiger partial charge >= 0.3 is 5.97 Å². The zero-order chi connectivity index (χ0) is 24.5. The molecule has 0 saturated carbocycles. The second-order valence-electron chi connectivity index (χ2n) is 9.27. The predicted octanol–water partition coefficient (Wildman–Crippen LogP) is 7.08. The molecule has 0 fully saturated rings. The van der Waals surface area contributed by atoms with Gasteiger partial charge in [-0.25, -0.2) is 0 Å². The second-order valence-corrected chi connectivity index (χ2v) is 9.27. The molecule has 3 nitrogen and oxygen atoms in total. The average Bonchev–Trinajstić information content (AvgIpc) is 2.90. The molecule has 0 bridgehead atoms. The van der Waals surface area contributed by atoms with E-state index in [1.807, 2.05) is 25.1 Å². The van der Waals surface area contributed by atoms with E-state index in [2.05, 4.69) is 102 Å². The molecule has 3 heteroatoms. The van der Waals surface area contributed by atoms with E-state index in [9.17, 15) is 9.90 Å². The normalized spacial score (nSPS) is 12.9. The summed E-state index contributed by atoms with van der Waals surface area (Å²) in [6, 6.07) is 40.0. The Labute approximate surface area is 208 Å². The number of rotatable bonds is 11. The quantitative estimate of drug-likeness (QED) is 0.258. The molecule has 4 rings (SSSR count). The molecule has 1 N–H and O–H groups in total. The fraction of sp³-hybridized carbons (Fsp3) is 0.219. The average molecular weight is 464 g/mol. The van der Waals surface area contributed by atoms with E-state index in [4.69, 9.17) is 0 Å². The monoisotopic (exact) mass is 463 g/mol. The van der Waals surface area contributed by atoms with Crippen molar-refractivity contribution >= 4 is 5.97 Å². The van der Waals surface area contributed by atoms with Crippen LogP contribution >= 0.6 is 0 Å². The van der Waals surface area contributed by atoms with Crippen LogP contribution in [0.4, 0.5) is 0 Å². The van der Waals surface area contributed by atoms with Gasteiger partial charge in [0.1, 0.15) is 0 Å². The van der Waals surface area contributed by atoms with Gasteiger partial charge in [-0.3, -0.25) is 9.69 Å². The highest BCUT2D eigenvalue weighted by atomic mass is 16.4. The zero-order valence-electron chi connectivity index (χ0n) is 20.3. The number of benzene rings is 4. The summed E-state index contributed by atoms with van der Waals surface area (Å²) >= 11 is 0. The van der Waals surface area contributed by atoms with Crippen LogP contribution in [0, 0.1) is 5.92 Å². The van der Waals surface area contributed by atoms with Crippen LogP contribution in [0.25, 0.3) is 11.1 Å². The minimum atomic E-state index is -0.742. The van der Waals surface area contributed by atoms with Gasteiger partial charge in [-0.15, -0.1) is 0 Å². The van der Waals surface area contributed by atoms with E-state index in [1.54, 1.807) is 0 Å². The van der Waals surface area contributed by atoms with E-state index in [0.29, 0.717) is 6.42 Å². The number of carboxylic acids is 1. The highest BCUT2D eigenvalue weighted by Gasteiger charge is 2.25. The molecular weight excluding hydrogens is 430 g/mol. The Morgan fingerprint density at radius 2 is 1.11 bits per heavy atom. The Morgan fingerprint density at radius 1 is 0.657 bits per heavy atom. The minimum absolute atomic E-state index is 0.0871. The van der Waals surface area contributed by atoms with E-state index < -0.39 is 11.9 Å². The Kier molecular flexibility index (Phi) is 8.48. The number of nitrogens with zero attached hydrogens (tertiary/aromatic N) is 1. The van der Waals surface area contributed by atoms with E-state index in [0.717, 1.165) is 19.5 Å². The summed E-state index contributed by atoms with van der Waals surface area (Å²) in [5.41, 5.74) is 6.07. The molecule has 0 spiro atoms. The first-order chi connectivity index (χ1) is 17.1. The molecule has 178 valence electrons. The second kappa shape index (κ2) is 12.1. The number of aliphatic carboxylic acids is 1. The van der Waals surface area contributed by atoms with Gasteiger partial charge in [0.25, 0.3) is 0 Å². The molecule has 0 amide bonds. The van der Waals surface area contributed by atoms with Crippen molar-refractivity contribution in [1.82, 2.24) is 4.90 Å². The van der Waals surface area contributed by atoms with Crippen LogP contribution in [0.5, 0.6) is 0 Å². The topological polar surface area (TPSA) is 40.5 Å². The van der Waals surface area contributed by atoms with Crippen LogP contribution in [0.2, 0.25) is 0 Å². The molecule has 0 aliphatic carbocycles. The predicted molar refractivity (Wildman–Crippen MR) is 143 cm³/mol. The largest absolute Gasteiger partial charge is 0.481 e. The lowest BCUT2D eigenvalue weighted by Gasteiger charge is -2.33. The standard InChI is InChI=1S/C32H33NO2/c1-25(32(34)35)21-31(22-26-17-19-30(20-18-26)29-15-9-4-10-16-29)33(23-27-11-5-2-6-12-27)24-28-13-7-3-8-14-28/h2-20,25,31H,21-24H2,1H3,(H,34,35)/t25-,31+/m1/s1. The van der Waals surface area contributed by atoms with Gasteiger partial charge in [-0.2, -0.15) is 0 Å². The minimum Gasteiger partial charge on any atom is -0.481 e. The molecule has 35 heavy (non-hydrogen) atoms. The molecule has 0 heterocycles. The van der Waals surface area contributed by atoms with E-state index in [-0.39, 0.29) is 6.04 Å². The Morgan fingerprint density at radius 3 is 1.60 bits per heavy atom. The first kappa shape index (κ1) is 24.4. The highest BCUT2D eigenvalue weighted by Crippen LogP contribution is 2.24. The van der Waals surface area contributed by atoms with Crippen molar-refractivity contribution in [1.29, 1.82) is 0 Å². The van der Waals surface area contributed by atoms with Gasteiger partial charge in [-0.1, -0.05) is 122 Å². The van der Waals surface area contributed by atoms with E-state index in [1.165, 1.54) is 27.8 Å². The number of carbonyl (C=O) groups is 1. The highest BCUT2D eigenvalue weighted by molar-refractivity contribution is 5.69. The van der Waals surface area contributed by atoms with E-state index >= 15 is 0 Å².